The van der Waals surface area contributed by atoms with Gasteiger partial charge in [0.05, 0.1) is 24.0 Å². The summed E-state index contributed by atoms with van der Waals surface area (Å²) in [5.74, 6) is -9.82. The van der Waals surface area contributed by atoms with Crippen LogP contribution in [0.5, 0.6) is 0 Å². The van der Waals surface area contributed by atoms with Gasteiger partial charge in [-0.15, -0.1) is 0 Å². The smallest absolute Gasteiger partial charge is 0.327 e. The second-order valence-corrected chi connectivity index (χ2v) is 14.3. The summed E-state index contributed by atoms with van der Waals surface area (Å²) in [6.07, 6.45) is 6.37. The van der Waals surface area contributed by atoms with Gasteiger partial charge in [-0.1, -0.05) is 94.8 Å². The van der Waals surface area contributed by atoms with E-state index in [-0.39, 0.29) is 24.1 Å². The number of amides is 5. The van der Waals surface area contributed by atoms with E-state index in [0.717, 1.165) is 16.0 Å². The average molecular weight is 768 g/mol. The number of hydrogen-bond donors (Lipinski definition) is 6. The number of rotatable bonds is 10. The summed E-state index contributed by atoms with van der Waals surface area (Å²) in [5.41, 5.74) is 1.66. The number of ether oxygens (including phenoxy) is 1. The van der Waals surface area contributed by atoms with Gasteiger partial charge in [-0.05, 0) is 38.2 Å². The van der Waals surface area contributed by atoms with Gasteiger partial charge in [-0.3, -0.25) is 24.0 Å². The Bertz CT molecular complexity index is 1640. The Kier molecular flexibility index (Phi) is 18.0. The molecule has 0 spiro atoms. The molecule has 0 bridgehead atoms. The highest BCUT2D eigenvalue weighted by Crippen LogP contribution is 2.19. The average Bonchev–Trinajstić information content (AvgIpc) is 3.13. The van der Waals surface area contributed by atoms with Crippen LogP contribution in [-0.2, 0) is 44.7 Å². The molecule has 15 heteroatoms. The van der Waals surface area contributed by atoms with Crippen molar-refractivity contribution in [2.45, 2.75) is 98.0 Å². The monoisotopic (exact) mass is 767 g/mol. The topological polar surface area (TPSA) is 221 Å². The number of hydrogen-bond acceptors (Lipinski definition) is 8. The van der Waals surface area contributed by atoms with Crippen molar-refractivity contribution in [3.8, 4) is 0 Å². The number of aliphatic carboxylic acids is 2. The van der Waals surface area contributed by atoms with Crippen LogP contribution in [0.15, 0.2) is 65.9 Å². The molecule has 1 unspecified atom stereocenters. The van der Waals surface area contributed by atoms with Crippen molar-refractivity contribution in [3.05, 3.63) is 71.5 Å². The van der Waals surface area contributed by atoms with Crippen molar-refractivity contribution in [3.63, 3.8) is 0 Å². The first kappa shape index (κ1) is 45.8. The second-order valence-electron chi connectivity index (χ2n) is 14.3. The van der Waals surface area contributed by atoms with Crippen LogP contribution in [0.25, 0.3) is 0 Å². The lowest BCUT2D eigenvalue weighted by Gasteiger charge is -2.29. The molecule has 302 valence electrons. The number of nitrogens with zero attached hydrogens (tertiary/aromatic N) is 1. The van der Waals surface area contributed by atoms with Crippen LogP contribution in [0.2, 0.25) is 0 Å². The normalized spacial score (nSPS) is 26.3. The van der Waals surface area contributed by atoms with Crippen molar-refractivity contribution in [2.24, 2.45) is 23.7 Å². The number of methoxy groups -OCH3 is 1. The van der Waals surface area contributed by atoms with Crippen molar-refractivity contribution in [1.82, 2.24) is 26.2 Å². The molecule has 0 aliphatic carbocycles. The predicted octanol–water partition coefficient (Wildman–Crippen LogP) is 2.58. The van der Waals surface area contributed by atoms with Gasteiger partial charge in [0.1, 0.15) is 23.8 Å². The zero-order valence-electron chi connectivity index (χ0n) is 33.1. The van der Waals surface area contributed by atoms with Gasteiger partial charge in [0.25, 0.3) is 5.91 Å². The van der Waals surface area contributed by atoms with Crippen molar-refractivity contribution in [2.75, 3.05) is 14.2 Å². The van der Waals surface area contributed by atoms with Gasteiger partial charge in [0.2, 0.25) is 23.6 Å². The van der Waals surface area contributed by atoms with E-state index in [1.54, 1.807) is 33.1 Å². The third-order valence-electron chi connectivity index (χ3n) is 9.74. The maximum atomic E-state index is 13.9. The summed E-state index contributed by atoms with van der Waals surface area (Å²) in [4.78, 5) is 92.8. The molecule has 6 N–H and O–H groups in total. The van der Waals surface area contributed by atoms with Crippen LogP contribution in [-0.4, -0.2) is 101 Å². The number of nitrogens with one attached hydrogen (secondary N) is 4. The Morgan fingerprint density at radius 1 is 0.909 bits per heavy atom. The molecule has 55 heavy (non-hydrogen) atoms. The van der Waals surface area contributed by atoms with Crippen LogP contribution in [0.1, 0.15) is 66.9 Å². The predicted molar refractivity (Wildman–Crippen MR) is 205 cm³/mol. The first-order valence-corrected chi connectivity index (χ1v) is 18.4. The molecule has 15 nitrogen and oxygen atoms in total. The molecule has 1 saturated heterocycles. The maximum Gasteiger partial charge on any atom is 0.327 e. The fourth-order valence-electron chi connectivity index (χ4n) is 6.11. The SMILES string of the molecule is C/C=C1/C(=O)N[C@@H](C(=O)O)[C@H](C)C(=O)N[C@@H](C(C)C)C(=O)N[C@@H](/C=C/C(C)=C/[C@H](C)[C@H](Cc2ccccc2)OC)[C@H](C)C(=O)NC(C(=O)O)CCC(=O)N1C. The number of carbonyl (C=O) groups excluding carboxylic acids is 5. The highest BCUT2D eigenvalue weighted by Gasteiger charge is 2.37. The maximum absolute atomic E-state index is 13.9. The van der Waals surface area contributed by atoms with E-state index in [9.17, 15) is 43.8 Å². The van der Waals surface area contributed by atoms with Crippen LogP contribution in [0.4, 0.5) is 0 Å². The second kappa shape index (κ2) is 21.5. The van der Waals surface area contributed by atoms with E-state index in [1.807, 2.05) is 50.3 Å². The molecule has 0 aromatic heterocycles. The minimum atomic E-state index is -1.75. The van der Waals surface area contributed by atoms with Gasteiger partial charge in [0.15, 0.2) is 0 Å². The zero-order chi connectivity index (χ0) is 41.6. The molecule has 8 atom stereocenters. The summed E-state index contributed by atoms with van der Waals surface area (Å²) in [7, 11) is 2.91. The van der Waals surface area contributed by atoms with Crippen LogP contribution >= 0.6 is 0 Å². The molecular weight excluding hydrogens is 710 g/mol. The molecule has 1 fully saturated rings. The van der Waals surface area contributed by atoms with Gasteiger partial charge in [0, 0.05) is 26.5 Å². The third-order valence-corrected chi connectivity index (χ3v) is 9.74. The Balaban J connectivity index is 2.57. The molecule has 1 aliphatic heterocycles. The van der Waals surface area contributed by atoms with E-state index >= 15 is 0 Å². The molecule has 2 rings (SSSR count). The summed E-state index contributed by atoms with van der Waals surface area (Å²) in [5, 5.41) is 30.1. The van der Waals surface area contributed by atoms with Crippen LogP contribution in [0.3, 0.4) is 0 Å². The molecule has 1 aromatic rings. The first-order valence-electron chi connectivity index (χ1n) is 18.4. The number of benzene rings is 1. The van der Waals surface area contributed by atoms with Crippen molar-refractivity contribution >= 4 is 41.5 Å². The number of carboxylic acid groups (broad SMARTS) is 2. The van der Waals surface area contributed by atoms with Gasteiger partial charge in [-0.25, -0.2) is 9.59 Å². The fraction of sp³-hybridized carbons (Fsp3) is 0.525. The van der Waals surface area contributed by atoms with Crippen molar-refractivity contribution < 1.29 is 48.5 Å². The molecule has 0 radical (unpaired) electrons. The lowest BCUT2D eigenvalue weighted by atomic mass is 9.94. The molecule has 1 aromatic carbocycles. The van der Waals surface area contributed by atoms with E-state index < -0.39 is 89.8 Å². The molecule has 0 saturated carbocycles. The van der Waals surface area contributed by atoms with E-state index in [2.05, 4.69) is 21.3 Å². The zero-order valence-corrected chi connectivity index (χ0v) is 33.1. The summed E-state index contributed by atoms with van der Waals surface area (Å²) < 4.78 is 5.78. The fourth-order valence-corrected chi connectivity index (χ4v) is 6.11. The number of allylic oxidation sites excluding steroid dienone is 3. The van der Waals surface area contributed by atoms with Crippen molar-refractivity contribution in [1.29, 1.82) is 0 Å². The minimum absolute atomic E-state index is 0.0384. The number of carboxylic acids is 2. The number of carbonyl (C=O) groups is 7. The van der Waals surface area contributed by atoms with Gasteiger partial charge < -0.3 is 41.1 Å². The molecule has 1 aliphatic rings. The number of likely N-dealkylation sites (N-methyl/N-ethyl adjacent to an activating group) is 1. The molecular formula is C40H57N5O10. The first-order chi connectivity index (χ1) is 25.8. The van der Waals surface area contributed by atoms with Crippen LogP contribution < -0.4 is 21.3 Å². The highest BCUT2D eigenvalue weighted by molar-refractivity contribution is 6.00. The largest absolute Gasteiger partial charge is 0.480 e. The van der Waals surface area contributed by atoms with Crippen LogP contribution in [0, 0.1) is 23.7 Å². The summed E-state index contributed by atoms with van der Waals surface area (Å²) in [6.45, 7) is 11.4. The third kappa shape index (κ3) is 13.5. The van der Waals surface area contributed by atoms with Gasteiger partial charge >= 0.3 is 11.9 Å². The van der Waals surface area contributed by atoms with Gasteiger partial charge in [-0.2, -0.15) is 0 Å². The highest BCUT2D eigenvalue weighted by atomic mass is 16.5. The Labute approximate surface area is 323 Å². The Morgan fingerprint density at radius 3 is 2.07 bits per heavy atom. The summed E-state index contributed by atoms with van der Waals surface area (Å²) >= 11 is 0. The van der Waals surface area contributed by atoms with E-state index in [4.69, 9.17) is 4.74 Å². The summed E-state index contributed by atoms with van der Waals surface area (Å²) in [6, 6.07) is 4.42. The van der Waals surface area contributed by atoms with E-state index in [0.29, 0.717) is 6.42 Å². The Morgan fingerprint density at radius 2 is 1.53 bits per heavy atom. The standard InChI is InChI=1S/C40H57N5O10/c1-10-30-37(49)44-34(40(53)54)26(7)36(48)43-33(22(2)3)38(50)41-28(25(6)35(47)42-29(39(51)52)18-19-32(46)45(30)8)17-16-23(4)20-24(5)31(55-9)21-27-14-12-11-13-15-27/h10-17,20,22,24-26,28-29,31,33-34H,18-19,21H2,1-9H3,(H,41,50)(H,42,47)(H,43,48)(H,44,49)(H,51,52)(H,53,54)/b17-16+,23-20+,30-10-/t24-,25-,26-,28-,29?,31-,33-,34+/m0/s1. The molecule has 5 amide bonds. The Hall–Kier alpha value is -5.31. The van der Waals surface area contributed by atoms with E-state index in [1.165, 1.54) is 33.9 Å². The quantitative estimate of drug-likeness (QED) is 0.151. The molecule has 1 heterocycles. The lowest BCUT2D eigenvalue weighted by Crippen LogP contribution is -2.57. The lowest BCUT2D eigenvalue weighted by molar-refractivity contribution is -0.146. The minimum Gasteiger partial charge on any atom is -0.480 e.